The van der Waals surface area contributed by atoms with Crippen LogP contribution in [0.1, 0.15) is 44.7 Å². The SMILES string of the molecule is CCC(C(=O)NC(C)C)N(Cc1ccccc1Cl)C(=O)CCc1cccc2ccccc12. The van der Waals surface area contributed by atoms with Crippen LogP contribution in [0.2, 0.25) is 5.02 Å². The summed E-state index contributed by atoms with van der Waals surface area (Å²) in [4.78, 5) is 28.1. The van der Waals surface area contributed by atoms with Crippen LogP contribution < -0.4 is 5.32 Å². The summed E-state index contributed by atoms with van der Waals surface area (Å²) in [6.45, 7) is 6.08. The van der Waals surface area contributed by atoms with E-state index in [2.05, 4.69) is 29.6 Å². The van der Waals surface area contributed by atoms with Crippen molar-refractivity contribution < 1.29 is 9.59 Å². The second kappa shape index (κ2) is 11.1. The molecule has 0 aliphatic heterocycles. The van der Waals surface area contributed by atoms with Gasteiger partial charge < -0.3 is 10.2 Å². The molecule has 5 heteroatoms. The fraction of sp³-hybridized carbons (Fsp3) is 0.333. The molecule has 1 unspecified atom stereocenters. The third-order valence-electron chi connectivity index (χ3n) is 5.60. The average Bonchev–Trinajstić information content (AvgIpc) is 2.78. The second-order valence-electron chi connectivity index (χ2n) is 8.34. The van der Waals surface area contributed by atoms with Crippen molar-refractivity contribution in [3.8, 4) is 0 Å². The molecular weight excluding hydrogens is 420 g/mol. The van der Waals surface area contributed by atoms with Crippen LogP contribution in [0.25, 0.3) is 10.8 Å². The molecule has 0 saturated heterocycles. The van der Waals surface area contributed by atoms with E-state index >= 15 is 0 Å². The van der Waals surface area contributed by atoms with Crippen LogP contribution in [0.4, 0.5) is 0 Å². The molecule has 0 radical (unpaired) electrons. The molecule has 0 aliphatic rings. The Morgan fingerprint density at radius 2 is 1.59 bits per heavy atom. The number of benzene rings is 3. The number of halogens is 1. The highest BCUT2D eigenvalue weighted by molar-refractivity contribution is 6.31. The van der Waals surface area contributed by atoms with Gasteiger partial charge in [-0.15, -0.1) is 0 Å². The Balaban J connectivity index is 1.84. The number of aryl methyl sites for hydroxylation is 1. The Kier molecular flexibility index (Phi) is 8.29. The Morgan fingerprint density at radius 3 is 2.31 bits per heavy atom. The monoisotopic (exact) mass is 450 g/mol. The third kappa shape index (κ3) is 5.89. The van der Waals surface area contributed by atoms with Gasteiger partial charge in [-0.1, -0.05) is 79.2 Å². The van der Waals surface area contributed by atoms with Gasteiger partial charge in [0.25, 0.3) is 0 Å². The van der Waals surface area contributed by atoms with E-state index in [0.29, 0.717) is 30.8 Å². The van der Waals surface area contributed by atoms with E-state index in [1.807, 2.05) is 63.2 Å². The number of carbonyl (C=O) groups excluding carboxylic acids is 2. The van der Waals surface area contributed by atoms with Gasteiger partial charge in [0.2, 0.25) is 11.8 Å². The van der Waals surface area contributed by atoms with Gasteiger partial charge in [0.1, 0.15) is 6.04 Å². The molecular formula is C27H31ClN2O2. The normalized spacial score (nSPS) is 12.0. The maximum absolute atomic E-state index is 13.5. The highest BCUT2D eigenvalue weighted by atomic mass is 35.5. The Morgan fingerprint density at radius 1 is 0.938 bits per heavy atom. The third-order valence-corrected chi connectivity index (χ3v) is 5.97. The summed E-state index contributed by atoms with van der Waals surface area (Å²) in [7, 11) is 0. The van der Waals surface area contributed by atoms with Crippen LogP contribution in [0, 0.1) is 0 Å². The van der Waals surface area contributed by atoms with E-state index in [0.717, 1.165) is 21.9 Å². The fourth-order valence-electron chi connectivity index (χ4n) is 4.01. The summed E-state index contributed by atoms with van der Waals surface area (Å²) >= 11 is 6.38. The minimum absolute atomic E-state index is 0.00417. The smallest absolute Gasteiger partial charge is 0.243 e. The highest BCUT2D eigenvalue weighted by Gasteiger charge is 2.29. The molecule has 0 heterocycles. The van der Waals surface area contributed by atoms with E-state index in [1.54, 1.807) is 4.90 Å². The highest BCUT2D eigenvalue weighted by Crippen LogP contribution is 2.23. The number of hydrogen-bond acceptors (Lipinski definition) is 2. The zero-order chi connectivity index (χ0) is 23.1. The zero-order valence-corrected chi connectivity index (χ0v) is 19.7. The van der Waals surface area contributed by atoms with Crippen LogP contribution in [-0.4, -0.2) is 28.8 Å². The topological polar surface area (TPSA) is 49.4 Å². The number of rotatable bonds is 9. The number of nitrogens with zero attached hydrogens (tertiary/aromatic N) is 1. The molecule has 1 atom stereocenters. The Hall–Kier alpha value is -2.85. The molecule has 32 heavy (non-hydrogen) atoms. The molecule has 1 N–H and O–H groups in total. The number of hydrogen-bond donors (Lipinski definition) is 1. The number of nitrogens with one attached hydrogen (secondary N) is 1. The number of amides is 2. The maximum Gasteiger partial charge on any atom is 0.243 e. The van der Waals surface area contributed by atoms with Crippen molar-refractivity contribution in [1.29, 1.82) is 0 Å². The van der Waals surface area contributed by atoms with Gasteiger partial charge in [-0.3, -0.25) is 9.59 Å². The summed E-state index contributed by atoms with van der Waals surface area (Å²) in [5.41, 5.74) is 1.97. The standard InChI is InChI=1S/C27H31ClN2O2/c1-4-25(27(32)29-19(2)3)30(18-22-11-6-8-15-24(22)28)26(31)17-16-21-13-9-12-20-10-5-7-14-23(20)21/h5-15,19,25H,4,16-18H2,1-3H3,(H,29,32). The maximum atomic E-state index is 13.5. The van der Waals surface area contributed by atoms with Crippen LogP contribution >= 0.6 is 11.6 Å². The summed E-state index contributed by atoms with van der Waals surface area (Å²) < 4.78 is 0. The van der Waals surface area contributed by atoms with Crippen molar-refractivity contribution in [3.05, 3.63) is 82.9 Å². The molecule has 168 valence electrons. The van der Waals surface area contributed by atoms with Crippen LogP contribution in [0.3, 0.4) is 0 Å². The number of carbonyl (C=O) groups is 2. The van der Waals surface area contributed by atoms with Crippen molar-refractivity contribution in [3.63, 3.8) is 0 Å². The van der Waals surface area contributed by atoms with Gasteiger partial charge in [0.15, 0.2) is 0 Å². The minimum atomic E-state index is -0.548. The Labute approximate surface area is 195 Å². The molecule has 3 aromatic rings. The van der Waals surface area contributed by atoms with E-state index < -0.39 is 6.04 Å². The lowest BCUT2D eigenvalue weighted by Crippen LogP contribution is -2.50. The van der Waals surface area contributed by atoms with Crippen LogP contribution in [0.15, 0.2) is 66.7 Å². The molecule has 0 aromatic heterocycles. The first kappa shape index (κ1) is 23.8. The average molecular weight is 451 g/mol. The first-order chi connectivity index (χ1) is 15.4. The predicted molar refractivity (Wildman–Crippen MR) is 132 cm³/mol. The first-order valence-electron chi connectivity index (χ1n) is 11.2. The van der Waals surface area contributed by atoms with E-state index in [4.69, 9.17) is 11.6 Å². The zero-order valence-electron chi connectivity index (χ0n) is 19.0. The Bertz CT molecular complexity index is 1070. The molecule has 0 bridgehead atoms. The lowest BCUT2D eigenvalue weighted by atomic mass is 10.00. The van der Waals surface area contributed by atoms with E-state index in [1.165, 1.54) is 0 Å². The van der Waals surface area contributed by atoms with Crippen molar-refractivity contribution in [1.82, 2.24) is 10.2 Å². The molecule has 0 spiro atoms. The number of fused-ring (bicyclic) bond motifs is 1. The van der Waals surface area contributed by atoms with Gasteiger partial charge in [-0.25, -0.2) is 0 Å². The van der Waals surface area contributed by atoms with Gasteiger partial charge in [-0.2, -0.15) is 0 Å². The summed E-state index contributed by atoms with van der Waals surface area (Å²) in [5, 5.41) is 5.88. The molecule has 3 aromatic carbocycles. The minimum Gasteiger partial charge on any atom is -0.352 e. The van der Waals surface area contributed by atoms with Crippen molar-refractivity contribution >= 4 is 34.2 Å². The summed E-state index contributed by atoms with van der Waals surface area (Å²) in [6.07, 6.45) is 1.47. The lowest BCUT2D eigenvalue weighted by molar-refractivity contribution is -0.141. The van der Waals surface area contributed by atoms with Crippen molar-refractivity contribution in [2.24, 2.45) is 0 Å². The van der Waals surface area contributed by atoms with E-state index in [9.17, 15) is 9.59 Å². The predicted octanol–water partition coefficient (Wildman–Crippen LogP) is 5.76. The summed E-state index contributed by atoms with van der Waals surface area (Å²) in [5.74, 6) is -0.184. The largest absolute Gasteiger partial charge is 0.352 e. The quantitative estimate of drug-likeness (QED) is 0.450. The lowest BCUT2D eigenvalue weighted by Gasteiger charge is -2.31. The summed E-state index contributed by atoms with van der Waals surface area (Å²) in [6, 6.07) is 21.3. The molecule has 0 saturated carbocycles. The van der Waals surface area contributed by atoms with Crippen LogP contribution in [0.5, 0.6) is 0 Å². The van der Waals surface area contributed by atoms with Gasteiger partial charge in [0.05, 0.1) is 0 Å². The van der Waals surface area contributed by atoms with Gasteiger partial charge >= 0.3 is 0 Å². The van der Waals surface area contributed by atoms with Crippen molar-refractivity contribution in [2.75, 3.05) is 0 Å². The molecule has 3 rings (SSSR count). The molecule has 0 fully saturated rings. The van der Waals surface area contributed by atoms with E-state index in [-0.39, 0.29) is 17.9 Å². The van der Waals surface area contributed by atoms with Crippen molar-refractivity contribution in [2.45, 2.75) is 58.7 Å². The molecule has 2 amide bonds. The molecule has 0 aliphatic carbocycles. The fourth-order valence-corrected chi connectivity index (χ4v) is 4.20. The first-order valence-corrected chi connectivity index (χ1v) is 11.6. The second-order valence-corrected chi connectivity index (χ2v) is 8.75. The molecule has 4 nitrogen and oxygen atoms in total. The van der Waals surface area contributed by atoms with Crippen LogP contribution in [-0.2, 0) is 22.6 Å². The van der Waals surface area contributed by atoms with Gasteiger partial charge in [-0.05, 0) is 54.7 Å². The van der Waals surface area contributed by atoms with Gasteiger partial charge in [0, 0.05) is 24.0 Å².